The highest BCUT2D eigenvalue weighted by Gasteiger charge is 2.17. The smallest absolute Gasteiger partial charge is 0.305 e. The van der Waals surface area contributed by atoms with Crippen LogP contribution in [0.2, 0.25) is 0 Å². The highest BCUT2D eigenvalue weighted by Crippen LogP contribution is 2.11. The zero-order valence-electron chi connectivity index (χ0n) is 9.58. The number of carbonyl (C=O) groups excluding carboxylic acids is 1. The SMILES string of the molecule is Cn1cc(S(N)(=O)=O)cc1C(=O)NCCC(=O)O. The molecular formula is C9H13N3O5S. The Balaban J connectivity index is 2.81. The van der Waals surface area contributed by atoms with Gasteiger partial charge in [-0.15, -0.1) is 0 Å². The summed E-state index contributed by atoms with van der Waals surface area (Å²) in [4.78, 5) is 21.7. The van der Waals surface area contributed by atoms with E-state index in [2.05, 4.69) is 5.32 Å². The van der Waals surface area contributed by atoms with Gasteiger partial charge in [-0.25, -0.2) is 13.6 Å². The number of hydrogen-bond donors (Lipinski definition) is 3. The molecule has 8 nitrogen and oxygen atoms in total. The minimum Gasteiger partial charge on any atom is -0.481 e. The van der Waals surface area contributed by atoms with Gasteiger partial charge in [-0.3, -0.25) is 9.59 Å². The molecule has 0 fully saturated rings. The molecule has 100 valence electrons. The minimum absolute atomic E-state index is 0.0376. The van der Waals surface area contributed by atoms with Crippen LogP contribution in [0.4, 0.5) is 0 Å². The van der Waals surface area contributed by atoms with E-state index in [1.807, 2.05) is 0 Å². The van der Waals surface area contributed by atoms with E-state index in [9.17, 15) is 18.0 Å². The van der Waals surface area contributed by atoms with Crippen molar-refractivity contribution in [1.82, 2.24) is 9.88 Å². The molecule has 0 spiro atoms. The van der Waals surface area contributed by atoms with Gasteiger partial charge in [0.1, 0.15) is 10.6 Å². The van der Waals surface area contributed by atoms with Gasteiger partial charge in [-0.05, 0) is 6.07 Å². The van der Waals surface area contributed by atoms with E-state index < -0.39 is 21.9 Å². The van der Waals surface area contributed by atoms with Gasteiger partial charge in [0, 0.05) is 19.8 Å². The first-order valence-electron chi connectivity index (χ1n) is 4.91. The highest BCUT2D eigenvalue weighted by atomic mass is 32.2. The Morgan fingerprint density at radius 2 is 2.11 bits per heavy atom. The molecule has 0 bridgehead atoms. The van der Waals surface area contributed by atoms with Crippen LogP contribution < -0.4 is 10.5 Å². The summed E-state index contributed by atoms with van der Waals surface area (Å²) in [7, 11) is -2.38. The van der Waals surface area contributed by atoms with Crippen LogP contribution in [0.3, 0.4) is 0 Å². The first kappa shape index (κ1) is 14.2. The van der Waals surface area contributed by atoms with E-state index in [1.54, 1.807) is 0 Å². The number of sulfonamides is 1. The number of primary sulfonamides is 1. The van der Waals surface area contributed by atoms with Gasteiger partial charge < -0.3 is 15.0 Å². The van der Waals surface area contributed by atoms with Crippen molar-refractivity contribution in [3.05, 3.63) is 18.0 Å². The Morgan fingerprint density at radius 3 is 2.56 bits per heavy atom. The Hall–Kier alpha value is -1.87. The van der Waals surface area contributed by atoms with Crippen LogP contribution in [0.5, 0.6) is 0 Å². The quantitative estimate of drug-likeness (QED) is 0.626. The molecule has 0 atom stereocenters. The molecule has 9 heteroatoms. The van der Waals surface area contributed by atoms with Crippen LogP contribution in [-0.4, -0.2) is 36.5 Å². The van der Waals surface area contributed by atoms with Gasteiger partial charge in [0.15, 0.2) is 0 Å². The highest BCUT2D eigenvalue weighted by molar-refractivity contribution is 7.89. The van der Waals surface area contributed by atoms with E-state index in [0.717, 1.165) is 6.07 Å². The second-order valence-corrected chi connectivity index (χ2v) is 5.18. The maximum Gasteiger partial charge on any atom is 0.305 e. The number of carboxylic acids is 1. The Morgan fingerprint density at radius 1 is 1.50 bits per heavy atom. The van der Waals surface area contributed by atoms with Gasteiger partial charge in [0.25, 0.3) is 5.91 Å². The molecule has 0 aliphatic rings. The molecule has 0 aromatic carbocycles. The van der Waals surface area contributed by atoms with Crippen LogP contribution in [0.1, 0.15) is 16.9 Å². The Kier molecular flexibility index (Phi) is 4.09. The Bertz CT molecular complexity index is 575. The zero-order chi connectivity index (χ0) is 13.9. The number of carbonyl (C=O) groups is 2. The average Bonchev–Trinajstić information content (AvgIpc) is 2.59. The molecule has 1 heterocycles. The van der Waals surface area contributed by atoms with Gasteiger partial charge in [-0.2, -0.15) is 0 Å². The number of nitrogens with two attached hydrogens (primary N) is 1. The molecule has 1 aromatic heterocycles. The molecule has 1 rings (SSSR count). The fourth-order valence-corrected chi connectivity index (χ4v) is 1.87. The number of nitrogens with one attached hydrogen (secondary N) is 1. The second kappa shape index (κ2) is 5.19. The van der Waals surface area contributed by atoms with Crippen molar-refractivity contribution in [3.63, 3.8) is 0 Å². The summed E-state index contributed by atoms with van der Waals surface area (Å²) in [5, 5.41) is 15.7. The van der Waals surface area contributed by atoms with E-state index in [1.165, 1.54) is 17.8 Å². The number of aryl methyl sites for hydroxylation is 1. The lowest BCUT2D eigenvalue weighted by molar-refractivity contribution is -0.136. The lowest BCUT2D eigenvalue weighted by atomic mass is 10.3. The van der Waals surface area contributed by atoms with Gasteiger partial charge in [0.2, 0.25) is 10.0 Å². The fourth-order valence-electron chi connectivity index (χ4n) is 1.29. The molecule has 0 aliphatic carbocycles. The van der Waals surface area contributed by atoms with Crippen molar-refractivity contribution in [2.45, 2.75) is 11.3 Å². The monoisotopic (exact) mass is 275 g/mol. The molecule has 0 aliphatic heterocycles. The maximum absolute atomic E-state index is 11.6. The van der Waals surface area contributed by atoms with Gasteiger partial charge in [0.05, 0.1) is 6.42 Å². The summed E-state index contributed by atoms with van der Waals surface area (Å²) in [6.07, 6.45) is 1.000. The summed E-state index contributed by atoms with van der Waals surface area (Å²) in [6, 6.07) is 1.13. The van der Waals surface area contributed by atoms with Crippen molar-refractivity contribution >= 4 is 21.9 Å². The number of carboxylic acid groups (broad SMARTS) is 1. The lowest BCUT2D eigenvalue weighted by Crippen LogP contribution is -2.27. The maximum atomic E-state index is 11.6. The normalized spacial score (nSPS) is 11.2. The topological polar surface area (TPSA) is 131 Å². The summed E-state index contributed by atoms with van der Waals surface area (Å²) in [5.74, 6) is -1.60. The van der Waals surface area contributed by atoms with Crippen molar-refractivity contribution in [2.24, 2.45) is 12.2 Å². The number of rotatable bonds is 5. The Labute approximate surface area is 103 Å². The van der Waals surface area contributed by atoms with Crippen molar-refractivity contribution < 1.29 is 23.1 Å². The van der Waals surface area contributed by atoms with Crippen molar-refractivity contribution in [1.29, 1.82) is 0 Å². The third kappa shape index (κ3) is 3.57. The van der Waals surface area contributed by atoms with Crippen LogP contribution in [0.25, 0.3) is 0 Å². The summed E-state index contributed by atoms with van der Waals surface area (Å²) in [5.41, 5.74) is 0.0874. The van der Waals surface area contributed by atoms with E-state index in [-0.39, 0.29) is 23.6 Å². The first-order chi connectivity index (χ1) is 8.21. The van der Waals surface area contributed by atoms with E-state index >= 15 is 0 Å². The average molecular weight is 275 g/mol. The summed E-state index contributed by atoms with van der Waals surface area (Å²) < 4.78 is 23.5. The third-order valence-electron chi connectivity index (χ3n) is 2.17. The van der Waals surface area contributed by atoms with E-state index in [4.69, 9.17) is 10.2 Å². The number of aromatic nitrogens is 1. The van der Waals surface area contributed by atoms with Crippen LogP contribution in [0, 0.1) is 0 Å². The molecule has 0 saturated heterocycles. The predicted octanol–water partition coefficient (Wildman–Crippen LogP) is -1.12. The van der Waals surface area contributed by atoms with Crippen LogP contribution >= 0.6 is 0 Å². The van der Waals surface area contributed by atoms with Crippen molar-refractivity contribution in [2.75, 3.05) is 6.54 Å². The predicted molar refractivity (Wildman–Crippen MR) is 61.4 cm³/mol. The number of nitrogens with zero attached hydrogens (tertiary/aromatic N) is 1. The molecule has 1 amide bonds. The second-order valence-electron chi connectivity index (χ2n) is 3.62. The standard InChI is InChI=1S/C9H13N3O5S/c1-12-5-6(18(10,16)17)4-7(12)9(15)11-3-2-8(13)14/h4-5H,2-3H2,1H3,(H,11,15)(H,13,14)(H2,10,16,17). The van der Waals surface area contributed by atoms with E-state index in [0.29, 0.717) is 0 Å². The zero-order valence-corrected chi connectivity index (χ0v) is 10.4. The molecule has 18 heavy (non-hydrogen) atoms. The minimum atomic E-state index is -3.87. The number of amides is 1. The first-order valence-corrected chi connectivity index (χ1v) is 6.45. The molecule has 0 radical (unpaired) electrons. The molecular weight excluding hydrogens is 262 g/mol. The fraction of sp³-hybridized carbons (Fsp3) is 0.333. The third-order valence-corrected chi connectivity index (χ3v) is 3.05. The lowest BCUT2D eigenvalue weighted by Gasteiger charge is -2.03. The molecule has 1 aromatic rings. The van der Waals surface area contributed by atoms with Crippen molar-refractivity contribution in [3.8, 4) is 0 Å². The molecule has 0 saturated carbocycles. The number of hydrogen-bond acceptors (Lipinski definition) is 4. The molecule has 0 unspecified atom stereocenters. The van der Waals surface area contributed by atoms with Gasteiger partial charge >= 0.3 is 5.97 Å². The summed E-state index contributed by atoms with van der Waals surface area (Å²) in [6.45, 7) is -0.0376. The number of aliphatic carboxylic acids is 1. The molecule has 4 N–H and O–H groups in total. The summed E-state index contributed by atoms with van der Waals surface area (Å²) >= 11 is 0. The van der Waals surface area contributed by atoms with Crippen LogP contribution in [0.15, 0.2) is 17.2 Å². The largest absolute Gasteiger partial charge is 0.481 e. The van der Waals surface area contributed by atoms with Gasteiger partial charge in [-0.1, -0.05) is 0 Å². The van der Waals surface area contributed by atoms with Crippen LogP contribution in [-0.2, 0) is 21.9 Å².